The Morgan fingerprint density at radius 1 is 0.708 bits per heavy atom. The van der Waals surface area contributed by atoms with Crippen LogP contribution in [-0.4, -0.2) is 0 Å². The molecule has 0 unspecified atom stereocenters. The van der Waals surface area contributed by atoms with E-state index >= 15 is 0 Å². The van der Waals surface area contributed by atoms with E-state index in [9.17, 15) is 0 Å². The third-order valence-electron chi connectivity index (χ3n) is 7.01. The molecule has 1 aromatic carbocycles. The minimum atomic E-state index is 0.839. The topological polar surface area (TPSA) is 0 Å². The fourth-order valence-corrected chi connectivity index (χ4v) is 5.11. The van der Waals surface area contributed by atoms with Crippen LogP contribution < -0.4 is 0 Å². The van der Waals surface area contributed by atoms with Crippen LogP contribution in [0.3, 0.4) is 0 Å². The van der Waals surface area contributed by atoms with Gasteiger partial charge in [-0.05, 0) is 61.8 Å². The molecule has 2 aliphatic carbocycles. The van der Waals surface area contributed by atoms with Crippen molar-refractivity contribution in [3.8, 4) is 0 Å². The van der Waals surface area contributed by atoms with E-state index in [0.717, 1.165) is 23.7 Å². The van der Waals surface area contributed by atoms with E-state index < -0.39 is 0 Å². The summed E-state index contributed by atoms with van der Waals surface area (Å²) in [6.45, 7) is 4.62. The third kappa shape index (κ3) is 5.36. The van der Waals surface area contributed by atoms with E-state index in [1.165, 1.54) is 82.6 Å². The molecular weight excluding hydrogens is 288 g/mol. The highest BCUT2D eigenvalue weighted by Crippen LogP contribution is 2.38. The maximum absolute atomic E-state index is 2.43. The zero-order chi connectivity index (χ0) is 16.8. The Kier molecular flexibility index (Phi) is 6.81. The van der Waals surface area contributed by atoms with Gasteiger partial charge in [-0.25, -0.2) is 0 Å². The number of aryl methyl sites for hydroxylation is 1. The molecule has 0 amide bonds. The summed E-state index contributed by atoms with van der Waals surface area (Å²) in [5, 5.41) is 0. The summed E-state index contributed by atoms with van der Waals surface area (Å²) < 4.78 is 0. The Morgan fingerprint density at radius 2 is 1.21 bits per heavy atom. The fourth-order valence-electron chi connectivity index (χ4n) is 5.11. The van der Waals surface area contributed by atoms with Crippen LogP contribution in [0, 0.1) is 24.7 Å². The van der Waals surface area contributed by atoms with E-state index in [-0.39, 0.29) is 0 Å². The third-order valence-corrected chi connectivity index (χ3v) is 7.01. The molecule has 0 heteroatoms. The molecule has 0 saturated heterocycles. The lowest BCUT2D eigenvalue weighted by Gasteiger charge is -2.29. The molecule has 0 atom stereocenters. The molecule has 3 rings (SSSR count). The minimum absolute atomic E-state index is 0.839. The summed E-state index contributed by atoms with van der Waals surface area (Å²) in [6.07, 6.45) is 17.8. The van der Waals surface area contributed by atoms with E-state index in [0.29, 0.717) is 0 Å². The first-order chi connectivity index (χ1) is 11.7. The second-order valence-electron chi connectivity index (χ2n) is 9.04. The van der Waals surface area contributed by atoms with Crippen LogP contribution in [0.1, 0.15) is 101 Å². The fraction of sp³-hybridized carbons (Fsp3) is 0.750. The van der Waals surface area contributed by atoms with Gasteiger partial charge >= 0.3 is 0 Å². The van der Waals surface area contributed by atoms with Gasteiger partial charge in [0.1, 0.15) is 0 Å². The minimum Gasteiger partial charge on any atom is -0.0625 e. The van der Waals surface area contributed by atoms with Gasteiger partial charge in [0.05, 0.1) is 0 Å². The monoisotopic (exact) mass is 326 g/mol. The van der Waals surface area contributed by atoms with Gasteiger partial charge in [-0.2, -0.15) is 0 Å². The number of hydrogen-bond acceptors (Lipinski definition) is 0. The van der Waals surface area contributed by atoms with Crippen LogP contribution in [0.2, 0.25) is 0 Å². The second kappa shape index (κ2) is 9.07. The van der Waals surface area contributed by atoms with Crippen molar-refractivity contribution in [3.63, 3.8) is 0 Å². The average Bonchev–Trinajstić information content (AvgIpc) is 2.62. The van der Waals surface area contributed by atoms with E-state index in [1.54, 1.807) is 5.56 Å². The number of rotatable bonds is 6. The van der Waals surface area contributed by atoms with Gasteiger partial charge in [0.25, 0.3) is 0 Å². The summed E-state index contributed by atoms with van der Waals surface area (Å²) in [6, 6.07) is 9.30. The molecular formula is C24H38. The highest BCUT2D eigenvalue weighted by molar-refractivity contribution is 5.24. The molecule has 2 fully saturated rings. The molecule has 2 aliphatic rings. The van der Waals surface area contributed by atoms with Crippen molar-refractivity contribution in [2.75, 3.05) is 0 Å². The molecule has 0 bridgehead atoms. The highest BCUT2D eigenvalue weighted by Gasteiger charge is 2.22. The molecule has 0 heterocycles. The zero-order valence-electron chi connectivity index (χ0n) is 16.1. The van der Waals surface area contributed by atoms with Gasteiger partial charge in [0.2, 0.25) is 0 Å². The summed E-state index contributed by atoms with van der Waals surface area (Å²) in [5.41, 5.74) is 2.98. The smallest absolute Gasteiger partial charge is 0.0162 e. The molecule has 0 radical (unpaired) electrons. The predicted octanol–water partition coefficient (Wildman–Crippen LogP) is 7.66. The van der Waals surface area contributed by atoms with Gasteiger partial charge < -0.3 is 0 Å². The van der Waals surface area contributed by atoms with Crippen LogP contribution in [-0.2, 0) is 0 Å². The summed E-state index contributed by atoms with van der Waals surface area (Å²) >= 11 is 0. The summed E-state index contributed by atoms with van der Waals surface area (Å²) in [5.74, 6) is 3.94. The van der Waals surface area contributed by atoms with Crippen LogP contribution in [0.15, 0.2) is 24.3 Å². The van der Waals surface area contributed by atoms with Gasteiger partial charge in [0.15, 0.2) is 0 Å². The Morgan fingerprint density at radius 3 is 1.75 bits per heavy atom. The summed E-state index contributed by atoms with van der Waals surface area (Å²) in [4.78, 5) is 0. The molecule has 24 heavy (non-hydrogen) atoms. The van der Waals surface area contributed by atoms with Crippen molar-refractivity contribution < 1.29 is 0 Å². The quantitative estimate of drug-likeness (QED) is 0.471. The lowest BCUT2D eigenvalue weighted by Crippen LogP contribution is -2.14. The van der Waals surface area contributed by atoms with Crippen molar-refractivity contribution in [2.45, 2.75) is 96.8 Å². The Bertz CT molecular complexity index is 455. The lowest BCUT2D eigenvalue weighted by molar-refractivity contribution is 0.262. The highest BCUT2D eigenvalue weighted by atomic mass is 14.3. The summed E-state index contributed by atoms with van der Waals surface area (Å²) in [7, 11) is 0. The van der Waals surface area contributed by atoms with Crippen LogP contribution >= 0.6 is 0 Å². The van der Waals surface area contributed by atoms with Gasteiger partial charge in [-0.1, -0.05) is 88.1 Å². The molecule has 0 aliphatic heterocycles. The van der Waals surface area contributed by atoms with Crippen molar-refractivity contribution in [1.82, 2.24) is 0 Å². The number of hydrogen-bond donors (Lipinski definition) is 0. The normalized spacial score (nSPS) is 31.1. The van der Waals surface area contributed by atoms with Crippen LogP contribution in [0.5, 0.6) is 0 Å². The maximum Gasteiger partial charge on any atom is -0.0162 e. The first kappa shape index (κ1) is 18.0. The molecule has 0 nitrogen and oxygen atoms in total. The first-order valence-electron chi connectivity index (χ1n) is 10.8. The average molecular weight is 327 g/mol. The Balaban J connectivity index is 1.29. The Hall–Kier alpha value is -0.780. The molecule has 2 saturated carbocycles. The van der Waals surface area contributed by atoms with Gasteiger partial charge in [-0.15, -0.1) is 0 Å². The Labute approximate surface area is 150 Å². The zero-order valence-corrected chi connectivity index (χ0v) is 16.1. The van der Waals surface area contributed by atoms with Crippen molar-refractivity contribution in [2.24, 2.45) is 17.8 Å². The van der Waals surface area contributed by atoms with E-state index in [2.05, 4.69) is 38.1 Å². The largest absolute Gasteiger partial charge is 0.0625 e. The molecule has 0 spiro atoms. The maximum atomic E-state index is 2.43. The SMILES string of the molecule is Cc1ccc(C2CCC(CCCCC3CCC(C)CC3)CC2)cc1. The number of unbranched alkanes of at least 4 members (excludes halogenated alkanes) is 1. The standard InChI is InChI=1S/C24H38/c1-19-7-11-21(12-8-19)5-3-4-6-22-13-17-24(18-14-22)23-15-9-20(2)10-16-23/h9-10,15-16,19,21-22,24H,3-8,11-14,17-18H2,1-2H3. The van der Waals surface area contributed by atoms with E-state index in [1.807, 2.05) is 0 Å². The number of benzene rings is 1. The van der Waals surface area contributed by atoms with Crippen molar-refractivity contribution in [1.29, 1.82) is 0 Å². The molecule has 1 aromatic rings. The van der Waals surface area contributed by atoms with Crippen LogP contribution in [0.25, 0.3) is 0 Å². The van der Waals surface area contributed by atoms with E-state index in [4.69, 9.17) is 0 Å². The van der Waals surface area contributed by atoms with Crippen molar-refractivity contribution in [3.05, 3.63) is 35.4 Å². The predicted molar refractivity (Wildman–Crippen MR) is 105 cm³/mol. The molecule has 0 aromatic heterocycles. The lowest BCUT2D eigenvalue weighted by atomic mass is 9.76. The van der Waals surface area contributed by atoms with Crippen LogP contribution in [0.4, 0.5) is 0 Å². The van der Waals surface area contributed by atoms with Gasteiger partial charge in [-0.3, -0.25) is 0 Å². The van der Waals surface area contributed by atoms with Gasteiger partial charge in [0, 0.05) is 0 Å². The molecule has 0 N–H and O–H groups in total. The molecule has 134 valence electrons. The van der Waals surface area contributed by atoms with Crippen molar-refractivity contribution >= 4 is 0 Å². The second-order valence-corrected chi connectivity index (χ2v) is 9.04. The first-order valence-corrected chi connectivity index (χ1v) is 10.8.